The lowest BCUT2D eigenvalue weighted by Crippen LogP contribution is -2.37. The second-order valence-electron chi connectivity index (χ2n) is 4.43. The van der Waals surface area contributed by atoms with Crippen LogP contribution < -0.4 is 4.72 Å². The van der Waals surface area contributed by atoms with Gasteiger partial charge in [0, 0.05) is 23.6 Å². The molecule has 1 aliphatic rings. The Kier molecular flexibility index (Phi) is 4.07. The number of nitro benzene ring substituents is 1. The predicted molar refractivity (Wildman–Crippen MR) is 70.7 cm³/mol. The lowest BCUT2D eigenvalue weighted by Gasteiger charge is -2.15. The van der Waals surface area contributed by atoms with Gasteiger partial charge >= 0.3 is 0 Å². The fourth-order valence-electron chi connectivity index (χ4n) is 2.06. The number of hydrogen-bond donors (Lipinski definition) is 1. The topological polar surface area (TPSA) is 89.3 Å². The van der Waals surface area contributed by atoms with Gasteiger partial charge in [0.25, 0.3) is 5.69 Å². The third-order valence-corrected chi connectivity index (χ3v) is 5.12. The van der Waals surface area contributed by atoms with Crippen LogP contribution in [0.3, 0.4) is 0 Å². The van der Waals surface area contributed by atoms with Crippen LogP contribution in [0.4, 0.5) is 5.69 Å². The highest BCUT2D eigenvalue weighted by Crippen LogP contribution is 2.26. The first-order chi connectivity index (χ1) is 8.90. The van der Waals surface area contributed by atoms with Gasteiger partial charge in [-0.15, -0.1) is 11.6 Å². The standard InChI is InChI=1S/C11H13ClN2O4S/c12-10-2-1-3-11(10)13-19(17,18)9-6-4-8(5-7-9)14(15)16/h4-7,10-11,13H,1-3H2. The van der Waals surface area contributed by atoms with Crippen molar-refractivity contribution in [3.8, 4) is 0 Å². The quantitative estimate of drug-likeness (QED) is 0.523. The molecule has 0 aromatic heterocycles. The monoisotopic (exact) mass is 304 g/mol. The van der Waals surface area contributed by atoms with Gasteiger partial charge in [0.2, 0.25) is 10.0 Å². The van der Waals surface area contributed by atoms with Crippen molar-refractivity contribution in [2.24, 2.45) is 0 Å². The minimum absolute atomic E-state index is 0.00821. The van der Waals surface area contributed by atoms with Crippen molar-refractivity contribution >= 4 is 27.3 Å². The number of nitro groups is 1. The zero-order valence-electron chi connectivity index (χ0n) is 9.95. The molecule has 0 aliphatic heterocycles. The minimum atomic E-state index is -3.68. The van der Waals surface area contributed by atoms with Crippen LogP contribution >= 0.6 is 11.6 Å². The fraction of sp³-hybridized carbons (Fsp3) is 0.455. The average molecular weight is 305 g/mol. The number of rotatable bonds is 4. The first kappa shape index (κ1) is 14.2. The van der Waals surface area contributed by atoms with Gasteiger partial charge in [-0.3, -0.25) is 10.1 Å². The fourth-order valence-corrected chi connectivity index (χ4v) is 3.79. The van der Waals surface area contributed by atoms with E-state index in [1.165, 1.54) is 24.3 Å². The summed E-state index contributed by atoms with van der Waals surface area (Å²) in [6, 6.07) is 4.50. The molecule has 104 valence electrons. The summed E-state index contributed by atoms with van der Waals surface area (Å²) in [4.78, 5) is 9.94. The second-order valence-corrected chi connectivity index (χ2v) is 6.70. The Balaban J connectivity index is 2.17. The molecule has 0 spiro atoms. The van der Waals surface area contributed by atoms with Crippen molar-refractivity contribution in [3.05, 3.63) is 34.4 Å². The van der Waals surface area contributed by atoms with E-state index >= 15 is 0 Å². The number of nitrogens with one attached hydrogen (secondary N) is 1. The number of alkyl halides is 1. The van der Waals surface area contributed by atoms with E-state index in [9.17, 15) is 18.5 Å². The van der Waals surface area contributed by atoms with Crippen molar-refractivity contribution in [2.75, 3.05) is 0 Å². The summed E-state index contributed by atoms with van der Waals surface area (Å²) in [5, 5.41) is 10.3. The maximum atomic E-state index is 12.1. The molecule has 0 bridgehead atoms. The minimum Gasteiger partial charge on any atom is -0.258 e. The number of non-ortho nitro benzene ring substituents is 1. The zero-order valence-corrected chi connectivity index (χ0v) is 11.5. The highest BCUT2D eigenvalue weighted by molar-refractivity contribution is 7.89. The maximum absolute atomic E-state index is 12.1. The van der Waals surface area contributed by atoms with Gasteiger partial charge in [0.15, 0.2) is 0 Å². The van der Waals surface area contributed by atoms with E-state index in [1.807, 2.05) is 0 Å². The number of halogens is 1. The molecule has 1 aromatic rings. The smallest absolute Gasteiger partial charge is 0.258 e. The Morgan fingerprint density at radius 2 is 1.89 bits per heavy atom. The second kappa shape index (κ2) is 5.44. The van der Waals surface area contributed by atoms with Crippen LogP contribution in [0.1, 0.15) is 19.3 Å². The van der Waals surface area contributed by atoms with Crippen molar-refractivity contribution < 1.29 is 13.3 Å². The molecule has 2 atom stereocenters. The van der Waals surface area contributed by atoms with Crippen LogP contribution in [-0.4, -0.2) is 24.8 Å². The van der Waals surface area contributed by atoms with Crippen LogP contribution in [0.15, 0.2) is 29.2 Å². The van der Waals surface area contributed by atoms with Gasteiger partial charge in [-0.25, -0.2) is 13.1 Å². The summed E-state index contributed by atoms with van der Waals surface area (Å²) in [5.41, 5.74) is -0.143. The number of sulfonamides is 1. The molecule has 1 aromatic carbocycles. The SMILES string of the molecule is O=[N+]([O-])c1ccc(S(=O)(=O)NC2CCCC2Cl)cc1. The highest BCUT2D eigenvalue weighted by Gasteiger charge is 2.29. The summed E-state index contributed by atoms with van der Waals surface area (Å²) in [5.74, 6) is 0. The molecule has 0 saturated heterocycles. The van der Waals surface area contributed by atoms with Gasteiger partial charge in [-0.1, -0.05) is 6.42 Å². The highest BCUT2D eigenvalue weighted by atomic mass is 35.5. The van der Waals surface area contributed by atoms with Crippen molar-refractivity contribution in [1.82, 2.24) is 4.72 Å². The molecule has 0 radical (unpaired) electrons. The molecule has 0 heterocycles. The van der Waals surface area contributed by atoms with E-state index in [4.69, 9.17) is 11.6 Å². The molecule has 19 heavy (non-hydrogen) atoms. The van der Waals surface area contributed by atoms with Gasteiger partial charge in [-0.05, 0) is 25.0 Å². The van der Waals surface area contributed by atoms with Crippen LogP contribution in [-0.2, 0) is 10.0 Å². The average Bonchev–Trinajstić information content (AvgIpc) is 2.74. The summed E-state index contributed by atoms with van der Waals surface area (Å²) in [6.45, 7) is 0. The Morgan fingerprint density at radius 3 is 2.37 bits per heavy atom. The first-order valence-electron chi connectivity index (χ1n) is 5.81. The molecule has 2 rings (SSSR count). The third kappa shape index (κ3) is 3.23. The van der Waals surface area contributed by atoms with Crippen molar-refractivity contribution in [2.45, 2.75) is 35.6 Å². The normalized spacial score (nSPS) is 23.4. The van der Waals surface area contributed by atoms with Crippen molar-refractivity contribution in [3.63, 3.8) is 0 Å². The Labute approximate surface area is 116 Å². The van der Waals surface area contributed by atoms with Crippen molar-refractivity contribution in [1.29, 1.82) is 0 Å². The molecular weight excluding hydrogens is 292 g/mol. The molecule has 0 amide bonds. The molecular formula is C11H13ClN2O4S. The van der Waals surface area contributed by atoms with Crippen LogP contribution in [0.25, 0.3) is 0 Å². The Hall–Kier alpha value is -1.18. The molecule has 1 saturated carbocycles. The number of nitrogens with zero attached hydrogens (tertiary/aromatic N) is 1. The Bertz CT molecular complexity index is 573. The van der Waals surface area contributed by atoms with Crippen LogP contribution in [0.2, 0.25) is 0 Å². The molecule has 1 fully saturated rings. The largest absolute Gasteiger partial charge is 0.269 e. The van der Waals surface area contributed by atoms with Gasteiger partial charge in [-0.2, -0.15) is 0 Å². The predicted octanol–water partition coefficient (Wildman–Crippen LogP) is 2.03. The van der Waals surface area contributed by atoms with Gasteiger partial charge < -0.3 is 0 Å². The molecule has 6 nitrogen and oxygen atoms in total. The third-order valence-electron chi connectivity index (χ3n) is 3.10. The molecule has 8 heteroatoms. The lowest BCUT2D eigenvalue weighted by molar-refractivity contribution is -0.384. The summed E-state index contributed by atoms with van der Waals surface area (Å²) >= 11 is 6.02. The lowest BCUT2D eigenvalue weighted by atomic mass is 10.3. The van der Waals surface area contributed by atoms with E-state index < -0.39 is 14.9 Å². The van der Waals surface area contributed by atoms with E-state index in [0.717, 1.165) is 12.8 Å². The van der Waals surface area contributed by atoms with Gasteiger partial charge in [0.1, 0.15) is 0 Å². The summed E-state index contributed by atoms with van der Waals surface area (Å²) in [7, 11) is -3.68. The number of benzene rings is 1. The molecule has 2 unspecified atom stereocenters. The maximum Gasteiger partial charge on any atom is 0.269 e. The van der Waals surface area contributed by atoms with E-state index in [0.29, 0.717) is 6.42 Å². The van der Waals surface area contributed by atoms with E-state index in [2.05, 4.69) is 4.72 Å². The molecule has 1 N–H and O–H groups in total. The summed E-state index contributed by atoms with van der Waals surface area (Å²) in [6.07, 6.45) is 2.39. The molecule has 1 aliphatic carbocycles. The van der Waals surface area contributed by atoms with Gasteiger partial charge in [0.05, 0.1) is 9.82 Å². The van der Waals surface area contributed by atoms with E-state index in [-0.39, 0.29) is 22.0 Å². The zero-order chi connectivity index (χ0) is 14.0. The Morgan fingerprint density at radius 1 is 1.26 bits per heavy atom. The number of hydrogen-bond acceptors (Lipinski definition) is 4. The summed E-state index contributed by atoms with van der Waals surface area (Å²) < 4.78 is 26.7. The van der Waals surface area contributed by atoms with E-state index in [1.54, 1.807) is 0 Å². The first-order valence-corrected chi connectivity index (χ1v) is 7.73. The van der Waals surface area contributed by atoms with Crippen LogP contribution in [0, 0.1) is 10.1 Å². The van der Waals surface area contributed by atoms with Crippen LogP contribution in [0.5, 0.6) is 0 Å².